The Hall–Kier alpha value is -1.81. The van der Waals surface area contributed by atoms with Crippen LogP contribution in [-0.2, 0) is 12.0 Å². The number of thiophene rings is 1. The smallest absolute Gasteiger partial charge is 0.345 e. The summed E-state index contributed by atoms with van der Waals surface area (Å²) in [6.45, 7) is 8.93. The van der Waals surface area contributed by atoms with Gasteiger partial charge < -0.3 is 9.84 Å². The van der Waals surface area contributed by atoms with Crippen LogP contribution in [0.2, 0.25) is 0 Å². The summed E-state index contributed by atoms with van der Waals surface area (Å²) in [6, 6.07) is 9.58. The zero-order valence-corrected chi connectivity index (χ0v) is 13.6. The highest BCUT2D eigenvalue weighted by Crippen LogP contribution is 2.33. The summed E-state index contributed by atoms with van der Waals surface area (Å²) in [7, 11) is 0. The Morgan fingerprint density at radius 2 is 1.95 bits per heavy atom. The Morgan fingerprint density at radius 3 is 2.52 bits per heavy atom. The molecule has 0 aliphatic rings. The predicted octanol–water partition coefficient (Wildman–Crippen LogP) is 4.63. The third-order valence-electron chi connectivity index (χ3n) is 3.19. The highest BCUT2D eigenvalue weighted by molar-refractivity contribution is 7.13. The van der Waals surface area contributed by atoms with E-state index >= 15 is 0 Å². The van der Waals surface area contributed by atoms with Crippen LogP contribution in [0.15, 0.2) is 30.3 Å². The van der Waals surface area contributed by atoms with Crippen molar-refractivity contribution in [2.75, 3.05) is 0 Å². The number of carbonyl (C=O) groups is 1. The summed E-state index contributed by atoms with van der Waals surface area (Å²) in [5.41, 5.74) is 2.37. The quantitative estimate of drug-likeness (QED) is 0.895. The molecule has 112 valence electrons. The van der Waals surface area contributed by atoms with E-state index in [2.05, 4.69) is 33.8 Å². The lowest BCUT2D eigenvalue weighted by Crippen LogP contribution is -2.13. The standard InChI is InChI=1S/C17H20O3S/c1-11-5-7-14(13(9-11)17(2,3)4)20-10-12-6-8-15(21-12)16(18)19/h5-9H,10H2,1-4H3,(H,18,19). The van der Waals surface area contributed by atoms with E-state index < -0.39 is 5.97 Å². The van der Waals surface area contributed by atoms with E-state index in [1.807, 2.05) is 12.1 Å². The summed E-state index contributed by atoms with van der Waals surface area (Å²) in [5.74, 6) is -0.0321. The molecule has 0 aliphatic heterocycles. The first-order valence-electron chi connectivity index (χ1n) is 6.83. The third kappa shape index (κ3) is 3.85. The van der Waals surface area contributed by atoms with Gasteiger partial charge in [0.25, 0.3) is 0 Å². The molecule has 3 nitrogen and oxygen atoms in total. The van der Waals surface area contributed by atoms with Gasteiger partial charge in [-0.05, 0) is 36.1 Å². The molecule has 0 atom stereocenters. The van der Waals surface area contributed by atoms with Crippen LogP contribution in [0.3, 0.4) is 0 Å². The second kappa shape index (κ2) is 5.90. The van der Waals surface area contributed by atoms with Crippen LogP contribution in [0.4, 0.5) is 0 Å². The number of hydrogen-bond acceptors (Lipinski definition) is 3. The number of ether oxygens (including phenoxy) is 1. The molecule has 0 fully saturated rings. The summed E-state index contributed by atoms with van der Waals surface area (Å²) >= 11 is 1.25. The molecule has 1 heterocycles. The molecule has 0 bridgehead atoms. The lowest BCUT2D eigenvalue weighted by molar-refractivity contribution is 0.0702. The van der Waals surface area contributed by atoms with E-state index in [0.717, 1.165) is 16.2 Å². The van der Waals surface area contributed by atoms with Gasteiger partial charge in [-0.15, -0.1) is 11.3 Å². The molecule has 1 aromatic carbocycles. The number of hydrogen-bond donors (Lipinski definition) is 1. The van der Waals surface area contributed by atoms with E-state index in [1.165, 1.54) is 16.9 Å². The molecule has 2 rings (SSSR count). The van der Waals surface area contributed by atoms with Gasteiger partial charge in [0, 0.05) is 4.88 Å². The van der Waals surface area contributed by atoms with Crippen LogP contribution in [0, 0.1) is 6.92 Å². The fraction of sp³-hybridized carbons (Fsp3) is 0.353. The summed E-state index contributed by atoms with van der Waals surface area (Å²) in [4.78, 5) is 12.1. The minimum absolute atomic E-state index is 0.00300. The van der Waals surface area contributed by atoms with Crippen molar-refractivity contribution in [3.8, 4) is 5.75 Å². The molecule has 0 radical (unpaired) electrons. The molecular formula is C17H20O3S. The predicted molar refractivity (Wildman–Crippen MR) is 85.5 cm³/mol. The first-order chi connectivity index (χ1) is 9.77. The Balaban J connectivity index is 2.18. The van der Waals surface area contributed by atoms with Crippen molar-refractivity contribution >= 4 is 17.3 Å². The van der Waals surface area contributed by atoms with E-state index in [-0.39, 0.29) is 5.41 Å². The van der Waals surface area contributed by atoms with Gasteiger partial charge in [-0.25, -0.2) is 4.79 Å². The third-order valence-corrected chi connectivity index (χ3v) is 4.23. The maximum Gasteiger partial charge on any atom is 0.345 e. The van der Waals surface area contributed by atoms with Crippen LogP contribution in [-0.4, -0.2) is 11.1 Å². The average Bonchev–Trinajstić information content (AvgIpc) is 2.85. The highest BCUT2D eigenvalue weighted by atomic mass is 32.1. The molecule has 1 aromatic heterocycles. The monoisotopic (exact) mass is 304 g/mol. The first-order valence-corrected chi connectivity index (χ1v) is 7.65. The normalized spacial score (nSPS) is 11.4. The van der Waals surface area contributed by atoms with Crippen molar-refractivity contribution in [1.82, 2.24) is 0 Å². The Morgan fingerprint density at radius 1 is 1.24 bits per heavy atom. The summed E-state index contributed by atoms with van der Waals surface area (Å²) in [5, 5.41) is 8.93. The molecule has 1 N–H and O–H groups in total. The molecule has 0 saturated carbocycles. The highest BCUT2D eigenvalue weighted by Gasteiger charge is 2.19. The second-order valence-corrected chi connectivity index (χ2v) is 7.28. The van der Waals surface area contributed by atoms with Crippen molar-refractivity contribution < 1.29 is 14.6 Å². The van der Waals surface area contributed by atoms with Crippen LogP contribution in [0.25, 0.3) is 0 Å². The lowest BCUT2D eigenvalue weighted by atomic mass is 9.85. The van der Waals surface area contributed by atoms with Crippen LogP contribution in [0.1, 0.15) is 46.4 Å². The fourth-order valence-electron chi connectivity index (χ4n) is 2.08. The molecule has 21 heavy (non-hydrogen) atoms. The molecule has 4 heteroatoms. The second-order valence-electron chi connectivity index (χ2n) is 6.11. The molecule has 2 aromatic rings. The number of carboxylic acid groups (broad SMARTS) is 1. The maximum absolute atomic E-state index is 10.9. The molecule has 0 spiro atoms. The fourth-order valence-corrected chi connectivity index (χ4v) is 2.83. The van der Waals surface area contributed by atoms with Crippen molar-refractivity contribution in [2.45, 2.75) is 39.7 Å². The largest absolute Gasteiger partial charge is 0.488 e. The SMILES string of the molecule is Cc1ccc(OCc2ccc(C(=O)O)s2)c(C(C)(C)C)c1. The molecular weight excluding hydrogens is 284 g/mol. The summed E-state index contributed by atoms with van der Waals surface area (Å²) in [6.07, 6.45) is 0. The number of aryl methyl sites for hydroxylation is 1. The van der Waals surface area contributed by atoms with Gasteiger partial charge in [-0.2, -0.15) is 0 Å². The Labute approximate surface area is 129 Å². The van der Waals surface area contributed by atoms with Gasteiger partial charge in [0.2, 0.25) is 0 Å². The number of benzene rings is 1. The number of carboxylic acids is 1. The van der Waals surface area contributed by atoms with Crippen LogP contribution in [0.5, 0.6) is 5.75 Å². The van der Waals surface area contributed by atoms with Gasteiger partial charge >= 0.3 is 5.97 Å². The maximum atomic E-state index is 10.9. The lowest BCUT2D eigenvalue weighted by Gasteiger charge is -2.23. The van der Waals surface area contributed by atoms with Crippen molar-refractivity contribution in [3.63, 3.8) is 0 Å². The van der Waals surface area contributed by atoms with E-state index in [0.29, 0.717) is 11.5 Å². The van der Waals surface area contributed by atoms with Crippen LogP contribution >= 0.6 is 11.3 Å². The van der Waals surface area contributed by atoms with E-state index in [9.17, 15) is 4.79 Å². The Kier molecular flexibility index (Phi) is 4.37. The van der Waals surface area contributed by atoms with Gasteiger partial charge in [-0.1, -0.05) is 38.5 Å². The van der Waals surface area contributed by atoms with Crippen LogP contribution < -0.4 is 4.74 Å². The van der Waals surface area contributed by atoms with Gasteiger partial charge in [0.1, 0.15) is 17.2 Å². The zero-order chi connectivity index (χ0) is 15.6. The number of rotatable bonds is 4. The average molecular weight is 304 g/mol. The first kappa shape index (κ1) is 15.6. The molecule has 0 unspecified atom stereocenters. The zero-order valence-electron chi connectivity index (χ0n) is 12.8. The van der Waals surface area contributed by atoms with Gasteiger partial charge in [0.05, 0.1) is 0 Å². The minimum atomic E-state index is -0.892. The minimum Gasteiger partial charge on any atom is -0.488 e. The molecule has 0 saturated heterocycles. The van der Waals surface area contributed by atoms with E-state index in [4.69, 9.17) is 9.84 Å². The summed E-state index contributed by atoms with van der Waals surface area (Å²) < 4.78 is 5.92. The Bertz CT molecular complexity index is 650. The topological polar surface area (TPSA) is 46.5 Å². The van der Waals surface area contributed by atoms with E-state index in [1.54, 1.807) is 12.1 Å². The van der Waals surface area contributed by atoms with Gasteiger partial charge in [0.15, 0.2) is 0 Å². The van der Waals surface area contributed by atoms with Gasteiger partial charge in [-0.3, -0.25) is 0 Å². The molecule has 0 amide bonds. The number of aromatic carboxylic acids is 1. The molecule has 0 aliphatic carbocycles. The van der Waals surface area contributed by atoms with Crippen molar-refractivity contribution in [2.24, 2.45) is 0 Å². The van der Waals surface area contributed by atoms with Crippen molar-refractivity contribution in [3.05, 3.63) is 51.2 Å². The van der Waals surface area contributed by atoms with Crippen molar-refractivity contribution in [1.29, 1.82) is 0 Å².